The summed E-state index contributed by atoms with van der Waals surface area (Å²) in [5.41, 5.74) is 0. The van der Waals surface area contributed by atoms with Gasteiger partial charge in [-0.05, 0) is 0 Å². The van der Waals surface area contributed by atoms with Gasteiger partial charge in [-0.3, -0.25) is 0 Å². The number of alkyl halides is 3. The number of hydrogen-bond donors (Lipinski definition) is 0. The van der Waals surface area contributed by atoms with E-state index in [1.807, 2.05) is 0 Å². The van der Waals surface area contributed by atoms with E-state index >= 15 is 0 Å². The summed E-state index contributed by atoms with van der Waals surface area (Å²) >= 11 is 0. The molecule has 0 aliphatic carbocycles. The molecule has 10 heavy (non-hydrogen) atoms. The van der Waals surface area contributed by atoms with Gasteiger partial charge < -0.3 is 0 Å². The summed E-state index contributed by atoms with van der Waals surface area (Å²) in [6.07, 6.45) is -5.99. The van der Waals surface area contributed by atoms with Gasteiger partial charge in [0.1, 0.15) is 5.75 Å². The first-order valence-electron chi connectivity index (χ1n) is 2.17. The molecule has 7 heteroatoms. The zero-order valence-corrected chi connectivity index (χ0v) is 6.17. The van der Waals surface area contributed by atoms with Crippen LogP contribution in [0.25, 0.3) is 0 Å². The Morgan fingerprint density at radius 1 is 1.30 bits per heavy atom. The van der Waals surface area contributed by atoms with Gasteiger partial charge in [-0.25, -0.2) is 21.6 Å². The molecule has 0 aliphatic heterocycles. The van der Waals surface area contributed by atoms with Crippen LogP contribution in [0.4, 0.5) is 13.2 Å². The van der Waals surface area contributed by atoms with Crippen molar-refractivity contribution in [2.45, 2.75) is 12.6 Å². The smallest absolute Gasteiger partial charge is 0.240 e. The van der Waals surface area contributed by atoms with Gasteiger partial charge in [0.15, 0.2) is 6.17 Å². The van der Waals surface area contributed by atoms with Crippen LogP contribution >= 0.6 is 10.7 Å². The lowest BCUT2D eigenvalue weighted by Gasteiger charge is -2.01. The first-order valence-corrected chi connectivity index (χ1v) is 4.65. The summed E-state index contributed by atoms with van der Waals surface area (Å²) in [5, 5.41) is 0. The van der Waals surface area contributed by atoms with Gasteiger partial charge in [-0.15, -0.1) is 0 Å². The van der Waals surface area contributed by atoms with Crippen LogP contribution in [-0.2, 0) is 9.05 Å². The predicted octanol–water partition coefficient (Wildman–Crippen LogP) is 1.16. The molecule has 1 unspecified atom stereocenters. The van der Waals surface area contributed by atoms with E-state index in [9.17, 15) is 21.6 Å². The van der Waals surface area contributed by atoms with Crippen LogP contribution in [0, 0.1) is 0 Å². The molecule has 62 valence electrons. The first kappa shape index (κ1) is 10.0. The van der Waals surface area contributed by atoms with Crippen molar-refractivity contribution < 1.29 is 21.6 Å². The molecule has 0 spiro atoms. The van der Waals surface area contributed by atoms with Crippen molar-refractivity contribution in [3.05, 3.63) is 0 Å². The summed E-state index contributed by atoms with van der Waals surface area (Å²) in [6.45, 7) is 0. The van der Waals surface area contributed by atoms with Crippen molar-refractivity contribution in [1.29, 1.82) is 0 Å². The number of hydrogen-bond acceptors (Lipinski definition) is 2. The zero-order valence-electron chi connectivity index (χ0n) is 4.60. The van der Waals surface area contributed by atoms with E-state index in [2.05, 4.69) is 10.7 Å². The van der Waals surface area contributed by atoms with Gasteiger partial charge >= 0.3 is 0 Å². The SMILES string of the molecule is O=S(=O)(Cl)CC(F)C(F)F. The lowest BCUT2D eigenvalue weighted by atomic mass is 10.5. The highest BCUT2D eigenvalue weighted by atomic mass is 35.7. The highest BCUT2D eigenvalue weighted by Gasteiger charge is 2.24. The number of rotatable bonds is 3. The highest BCUT2D eigenvalue weighted by Crippen LogP contribution is 2.10. The molecule has 0 rings (SSSR count). The minimum atomic E-state index is -4.15. The third kappa shape index (κ3) is 4.87. The molecule has 0 saturated heterocycles. The topological polar surface area (TPSA) is 34.1 Å². The van der Waals surface area contributed by atoms with E-state index in [1.54, 1.807) is 0 Å². The van der Waals surface area contributed by atoms with E-state index < -0.39 is 27.4 Å². The lowest BCUT2D eigenvalue weighted by molar-refractivity contribution is 0.0620. The standard InChI is InChI=1S/C3H4ClF3O2S/c4-10(8,9)1-2(5)3(6)7/h2-3H,1H2. The van der Waals surface area contributed by atoms with Crippen LogP contribution in [0.3, 0.4) is 0 Å². The maximum atomic E-state index is 11.8. The van der Waals surface area contributed by atoms with E-state index in [-0.39, 0.29) is 0 Å². The minimum absolute atomic E-state index is 1.34. The van der Waals surface area contributed by atoms with Crippen molar-refractivity contribution in [3.8, 4) is 0 Å². The second-order valence-corrected chi connectivity index (χ2v) is 4.38. The fourth-order valence-corrected chi connectivity index (χ4v) is 1.15. The molecule has 2 nitrogen and oxygen atoms in total. The van der Waals surface area contributed by atoms with Crippen molar-refractivity contribution in [3.63, 3.8) is 0 Å². The molecule has 0 N–H and O–H groups in total. The van der Waals surface area contributed by atoms with Crippen LogP contribution in [0.15, 0.2) is 0 Å². The monoisotopic (exact) mass is 196 g/mol. The van der Waals surface area contributed by atoms with Gasteiger partial charge in [-0.2, -0.15) is 0 Å². The van der Waals surface area contributed by atoms with Crippen LogP contribution in [0.5, 0.6) is 0 Å². The Labute approximate surface area is 60.4 Å². The van der Waals surface area contributed by atoms with Crippen LogP contribution in [0.2, 0.25) is 0 Å². The summed E-state index contributed by atoms with van der Waals surface area (Å²) < 4.78 is 54.2. The predicted molar refractivity (Wildman–Crippen MR) is 30.5 cm³/mol. The van der Waals surface area contributed by atoms with Crippen molar-refractivity contribution in [2.24, 2.45) is 0 Å². The average Bonchev–Trinajstić information content (AvgIpc) is 1.60. The second kappa shape index (κ2) is 3.43. The summed E-state index contributed by atoms with van der Waals surface area (Å²) in [4.78, 5) is 0. The summed E-state index contributed by atoms with van der Waals surface area (Å²) in [5.74, 6) is -1.34. The van der Waals surface area contributed by atoms with Crippen molar-refractivity contribution >= 4 is 19.7 Å². The van der Waals surface area contributed by atoms with Crippen LogP contribution < -0.4 is 0 Å². The van der Waals surface area contributed by atoms with Crippen molar-refractivity contribution in [2.75, 3.05) is 5.75 Å². The van der Waals surface area contributed by atoms with Gasteiger partial charge in [0.2, 0.25) is 9.05 Å². The molecule has 0 aromatic carbocycles. The Kier molecular flexibility index (Phi) is 3.44. The van der Waals surface area contributed by atoms with Gasteiger partial charge in [-0.1, -0.05) is 0 Å². The maximum absolute atomic E-state index is 11.8. The van der Waals surface area contributed by atoms with E-state index in [4.69, 9.17) is 0 Å². The Morgan fingerprint density at radius 2 is 1.70 bits per heavy atom. The highest BCUT2D eigenvalue weighted by molar-refractivity contribution is 8.13. The fraction of sp³-hybridized carbons (Fsp3) is 1.00. The van der Waals surface area contributed by atoms with Crippen molar-refractivity contribution in [1.82, 2.24) is 0 Å². The molecule has 0 fully saturated rings. The summed E-state index contributed by atoms with van der Waals surface area (Å²) in [7, 11) is 0.320. The van der Waals surface area contributed by atoms with E-state index in [0.717, 1.165) is 0 Å². The normalized spacial score (nSPS) is 15.7. The number of halogens is 4. The molecule has 0 aliphatic rings. The van der Waals surface area contributed by atoms with E-state index in [1.165, 1.54) is 0 Å². The quantitative estimate of drug-likeness (QED) is 0.635. The first-order chi connectivity index (χ1) is 4.33. The molecule has 0 aromatic heterocycles. The van der Waals surface area contributed by atoms with Gasteiger partial charge in [0, 0.05) is 10.7 Å². The molecule has 0 saturated carbocycles. The Hall–Kier alpha value is 0.0300. The minimum Gasteiger partial charge on any atom is -0.240 e. The van der Waals surface area contributed by atoms with Crippen LogP contribution in [0.1, 0.15) is 0 Å². The third-order valence-corrected chi connectivity index (χ3v) is 1.73. The van der Waals surface area contributed by atoms with E-state index in [0.29, 0.717) is 0 Å². The Morgan fingerprint density at radius 3 is 1.80 bits per heavy atom. The molecular formula is C3H4ClF3O2S. The molecule has 0 aromatic rings. The molecule has 0 amide bonds. The lowest BCUT2D eigenvalue weighted by Crippen LogP contribution is -2.20. The molecule has 0 radical (unpaired) electrons. The largest absolute Gasteiger partial charge is 0.270 e. The van der Waals surface area contributed by atoms with Crippen LogP contribution in [-0.4, -0.2) is 26.8 Å². The molecule has 0 bridgehead atoms. The Bertz CT molecular complexity index is 190. The third-order valence-electron chi connectivity index (χ3n) is 0.632. The van der Waals surface area contributed by atoms with Gasteiger partial charge in [0.25, 0.3) is 6.43 Å². The zero-order chi connectivity index (χ0) is 8.36. The maximum Gasteiger partial charge on any atom is 0.270 e. The van der Waals surface area contributed by atoms with Gasteiger partial charge in [0.05, 0.1) is 0 Å². The second-order valence-electron chi connectivity index (χ2n) is 1.56. The fourth-order valence-electron chi connectivity index (χ4n) is 0.263. The molecule has 0 heterocycles. The molecular weight excluding hydrogens is 193 g/mol. The summed E-state index contributed by atoms with van der Waals surface area (Å²) in [6, 6.07) is 0. The average molecular weight is 197 g/mol. The molecule has 1 atom stereocenters. The Balaban J connectivity index is 3.93.